The molecule has 1 saturated heterocycles. The molecule has 1 saturated carbocycles. The molecule has 0 aromatic rings. The molecule has 0 aromatic carbocycles. The van der Waals surface area contributed by atoms with Gasteiger partial charge in [0.2, 0.25) is 0 Å². The number of hydrogen-bond donors (Lipinski definition) is 0. The van der Waals surface area contributed by atoms with Crippen LogP contribution >= 0.6 is 0 Å². The fourth-order valence-corrected chi connectivity index (χ4v) is 3.06. The third kappa shape index (κ3) is 2.25. The van der Waals surface area contributed by atoms with E-state index in [0.717, 1.165) is 17.8 Å². The lowest BCUT2D eigenvalue weighted by molar-refractivity contribution is 0.0925. The van der Waals surface area contributed by atoms with Crippen LogP contribution in [0.3, 0.4) is 0 Å². The van der Waals surface area contributed by atoms with Crippen molar-refractivity contribution >= 4 is 0 Å². The molecular formula is C12H23N. The van der Waals surface area contributed by atoms with E-state index in [1.807, 2.05) is 0 Å². The van der Waals surface area contributed by atoms with E-state index in [1.165, 1.54) is 45.3 Å². The van der Waals surface area contributed by atoms with Crippen molar-refractivity contribution in [3.8, 4) is 0 Å². The SMILES string of the molecule is CCC1CCC(CN2CC(C)C2)C1. The van der Waals surface area contributed by atoms with Crippen molar-refractivity contribution in [3.05, 3.63) is 0 Å². The summed E-state index contributed by atoms with van der Waals surface area (Å²) in [6.07, 6.45) is 5.93. The minimum absolute atomic E-state index is 0.975. The number of hydrogen-bond acceptors (Lipinski definition) is 1. The zero-order valence-corrected chi connectivity index (χ0v) is 9.13. The molecule has 13 heavy (non-hydrogen) atoms. The molecule has 0 radical (unpaired) electrons. The summed E-state index contributed by atoms with van der Waals surface area (Å²) in [5.41, 5.74) is 0. The summed E-state index contributed by atoms with van der Waals surface area (Å²) in [5.74, 6) is 3.07. The van der Waals surface area contributed by atoms with Crippen LogP contribution in [-0.4, -0.2) is 24.5 Å². The largest absolute Gasteiger partial charge is 0.302 e. The second-order valence-corrected chi connectivity index (χ2v) is 5.28. The molecule has 76 valence electrons. The minimum atomic E-state index is 0.975. The van der Waals surface area contributed by atoms with Crippen molar-refractivity contribution in [1.29, 1.82) is 0 Å². The highest BCUT2D eigenvalue weighted by molar-refractivity contribution is 4.82. The average molecular weight is 181 g/mol. The first-order chi connectivity index (χ1) is 6.28. The van der Waals surface area contributed by atoms with Crippen LogP contribution in [0.25, 0.3) is 0 Å². The minimum Gasteiger partial charge on any atom is -0.302 e. The molecule has 2 rings (SSSR count). The highest BCUT2D eigenvalue weighted by Gasteiger charge is 2.29. The third-order valence-corrected chi connectivity index (χ3v) is 3.88. The standard InChI is InChI=1S/C12H23N/c1-3-11-4-5-12(6-11)9-13-7-10(2)8-13/h10-12H,3-9H2,1-2H3. The highest BCUT2D eigenvalue weighted by Crippen LogP contribution is 2.34. The number of nitrogens with zero attached hydrogens (tertiary/aromatic N) is 1. The van der Waals surface area contributed by atoms with Gasteiger partial charge in [-0.3, -0.25) is 0 Å². The molecule has 2 fully saturated rings. The molecule has 1 aliphatic heterocycles. The van der Waals surface area contributed by atoms with E-state index in [9.17, 15) is 0 Å². The van der Waals surface area contributed by atoms with Gasteiger partial charge in [-0.15, -0.1) is 0 Å². The van der Waals surface area contributed by atoms with Crippen molar-refractivity contribution in [2.24, 2.45) is 17.8 Å². The Morgan fingerprint density at radius 2 is 1.85 bits per heavy atom. The molecule has 0 amide bonds. The Bertz CT molecular complexity index is 161. The molecule has 0 bridgehead atoms. The normalized spacial score (nSPS) is 36.5. The lowest BCUT2D eigenvalue weighted by Gasteiger charge is -2.38. The number of rotatable bonds is 3. The molecule has 0 spiro atoms. The lowest BCUT2D eigenvalue weighted by atomic mass is 9.98. The molecule has 1 aliphatic carbocycles. The van der Waals surface area contributed by atoms with E-state index in [1.54, 1.807) is 0 Å². The Hall–Kier alpha value is -0.0400. The summed E-state index contributed by atoms with van der Waals surface area (Å²) in [6.45, 7) is 8.85. The van der Waals surface area contributed by atoms with Crippen LogP contribution < -0.4 is 0 Å². The van der Waals surface area contributed by atoms with Gasteiger partial charge in [0.15, 0.2) is 0 Å². The van der Waals surface area contributed by atoms with Gasteiger partial charge in [0, 0.05) is 19.6 Å². The van der Waals surface area contributed by atoms with Crippen LogP contribution in [0, 0.1) is 17.8 Å². The van der Waals surface area contributed by atoms with Crippen LogP contribution in [0.4, 0.5) is 0 Å². The Morgan fingerprint density at radius 1 is 1.15 bits per heavy atom. The Kier molecular flexibility index (Phi) is 2.92. The maximum atomic E-state index is 2.65. The maximum absolute atomic E-state index is 2.65. The average Bonchev–Trinajstić information content (AvgIpc) is 2.50. The van der Waals surface area contributed by atoms with Gasteiger partial charge in [0.05, 0.1) is 0 Å². The van der Waals surface area contributed by atoms with E-state index < -0.39 is 0 Å². The highest BCUT2D eigenvalue weighted by atomic mass is 15.2. The van der Waals surface area contributed by atoms with E-state index in [0.29, 0.717) is 0 Å². The molecule has 1 heteroatoms. The predicted molar refractivity (Wildman–Crippen MR) is 56.7 cm³/mol. The third-order valence-electron chi connectivity index (χ3n) is 3.88. The molecule has 0 N–H and O–H groups in total. The predicted octanol–water partition coefficient (Wildman–Crippen LogP) is 2.76. The Morgan fingerprint density at radius 3 is 2.38 bits per heavy atom. The lowest BCUT2D eigenvalue weighted by Crippen LogP contribution is -2.46. The van der Waals surface area contributed by atoms with Crippen molar-refractivity contribution in [3.63, 3.8) is 0 Å². The van der Waals surface area contributed by atoms with Crippen molar-refractivity contribution in [2.75, 3.05) is 19.6 Å². The van der Waals surface area contributed by atoms with E-state index in [-0.39, 0.29) is 0 Å². The van der Waals surface area contributed by atoms with Crippen molar-refractivity contribution < 1.29 is 0 Å². The summed E-state index contributed by atoms with van der Waals surface area (Å²) >= 11 is 0. The first-order valence-corrected chi connectivity index (χ1v) is 6.00. The smallest absolute Gasteiger partial charge is 0.00195 e. The van der Waals surface area contributed by atoms with Crippen LogP contribution in [0.2, 0.25) is 0 Å². The maximum Gasteiger partial charge on any atom is 0.00195 e. The van der Waals surface area contributed by atoms with Gasteiger partial charge in [-0.05, 0) is 30.6 Å². The van der Waals surface area contributed by atoms with Crippen LogP contribution in [0.15, 0.2) is 0 Å². The van der Waals surface area contributed by atoms with Crippen molar-refractivity contribution in [1.82, 2.24) is 4.90 Å². The summed E-state index contributed by atoms with van der Waals surface area (Å²) in [6, 6.07) is 0. The van der Waals surface area contributed by atoms with Gasteiger partial charge in [0.25, 0.3) is 0 Å². The van der Waals surface area contributed by atoms with Crippen LogP contribution in [0.5, 0.6) is 0 Å². The fraction of sp³-hybridized carbons (Fsp3) is 1.00. The van der Waals surface area contributed by atoms with Crippen molar-refractivity contribution in [2.45, 2.75) is 39.5 Å². The molecular weight excluding hydrogens is 158 g/mol. The monoisotopic (exact) mass is 181 g/mol. The molecule has 1 heterocycles. The van der Waals surface area contributed by atoms with Crippen LogP contribution in [0.1, 0.15) is 39.5 Å². The number of likely N-dealkylation sites (tertiary alicyclic amines) is 1. The zero-order chi connectivity index (χ0) is 9.26. The molecule has 1 nitrogen and oxygen atoms in total. The summed E-state index contributed by atoms with van der Waals surface area (Å²) in [7, 11) is 0. The first kappa shape index (κ1) is 9.51. The van der Waals surface area contributed by atoms with Crippen LogP contribution in [-0.2, 0) is 0 Å². The topological polar surface area (TPSA) is 3.24 Å². The second kappa shape index (κ2) is 4.00. The van der Waals surface area contributed by atoms with Gasteiger partial charge in [-0.2, -0.15) is 0 Å². The molecule has 0 aromatic heterocycles. The van der Waals surface area contributed by atoms with Gasteiger partial charge >= 0.3 is 0 Å². The summed E-state index contributed by atoms with van der Waals surface area (Å²) in [5, 5.41) is 0. The molecule has 2 aliphatic rings. The first-order valence-electron chi connectivity index (χ1n) is 6.00. The summed E-state index contributed by atoms with van der Waals surface area (Å²) in [4.78, 5) is 2.65. The van der Waals surface area contributed by atoms with Gasteiger partial charge < -0.3 is 4.90 Å². The van der Waals surface area contributed by atoms with Gasteiger partial charge in [0.1, 0.15) is 0 Å². The summed E-state index contributed by atoms with van der Waals surface area (Å²) < 4.78 is 0. The zero-order valence-electron chi connectivity index (χ0n) is 9.13. The molecule has 2 atom stereocenters. The van der Waals surface area contributed by atoms with E-state index in [4.69, 9.17) is 0 Å². The molecule has 2 unspecified atom stereocenters. The Balaban J connectivity index is 1.66. The van der Waals surface area contributed by atoms with E-state index >= 15 is 0 Å². The Labute approximate surface area is 82.5 Å². The van der Waals surface area contributed by atoms with Gasteiger partial charge in [-0.1, -0.05) is 26.7 Å². The van der Waals surface area contributed by atoms with E-state index in [2.05, 4.69) is 18.7 Å². The quantitative estimate of drug-likeness (QED) is 0.647. The fourth-order valence-electron chi connectivity index (χ4n) is 3.06. The second-order valence-electron chi connectivity index (χ2n) is 5.28. The van der Waals surface area contributed by atoms with Gasteiger partial charge in [-0.25, -0.2) is 0 Å².